The minimum atomic E-state index is -1.53. The smallest absolute Gasteiger partial charge is 0.184 e. The molecule has 0 saturated heterocycles. The van der Waals surface area contributed by atoms with Crippen molar-refractivity contribution in [1.29, 1.82) is 0 Å². The van der Waals surface area contributed by atoms with Gasteiger partial charge in [0.2, 0.25) is 0 Å². The van der Waals surface area contributed by atoms with Crippen LogP contribution in [0.2, 0.25) is 19.6 Å². The van der Waals surface area contributed by atoms with Gasteiger partial charge in [-0.2, -0.15) is 0 Å². The molecule has 1 unspecified atom stereocenters. The van der Waals surface area contributed by atoms with Gasteiger partial charge < -0.3 is 4.43 Å². The Hall–Kier alpha value is -0.383. The molecule has 0 aliphatic carbocycles. The van der Waals surface area contributed by atoms with Gasteiger partial charge in [0.25, 0.3) is 0 Å². The first-order valence-electron chi connectivity index (χ1n) is 5.47. The summed E-state index contributed by atoms with van der Waals surface area (Å²) in [6.45, 7) is 10.4. The second-order valence-electron chi connectivity index (χ2n) is 4.76. The molecule has 0 aromatic heterocycles. The molecule has 1 rings (SSSR count). The van der Waals surface area contributed by atoms with Gasteiger partial charge in [-0.05, 0) is 37.7 Å². The van der Waals surface area contributed by atoms with E-state index in [9.17, 15) is 0 Å². The van der Waals surface area contributed by atoms with Crippen LogP contribution in [0.15, 0.2) is 41.4 Å². The predicted octanol–water partition coefficient (Wildman–Crippen LogP) is 4.92. The molecule has 0 bridgehead atoms. The maximum atomic E-state index is 6.18. The SMILES string of the molecule is C=CCC(O[Si](C)(C)C)c1ccccc1Br. The zero-order valence-corrected chi connectivity index (χ0v) is 12.8. The molecule has 1 atom stereocenters. The molecule has 0 amide bonds. The van der Waals surface area contributed by atoms with E-state index >= 15 is 0 Å². The molecule has 0 radical (unpaired) electrons. The molecule has 1 aromatic rings. The first kappa shape index (κ1) is 13.7. The second-order valence-corrected chi connectivity index (χ2v) is 10.1. The van der Waals surface area contributed by atoms with Crippen LogP contribution in [0.5, 0.6) is 0 Å². The lowest BCUT2D eigenvalue weighted by Gasteiger charge is -2.26. The van der Waals surface area contributed by atoms with Crippen LogP contribution >= 0.6 is 15.9 Å². The Labute approximate surface area is 108 Å². The highest BCUT2D eigenvalue weighted by molar-refractivity contribution is 9.10. The van der Waals surface area contributed by atoms with E-state index < -0.39 is 8.32 Å². The summed E-state index contributed by atoms with van der Waals surface area (Å²) in [5.74, 6) is 0. The highest BCUT2D eigenvalue weighted by Gasteiger charge is 2.22. The van der Waals surface area contributed by atoms with Gasteiger partial charge in [-0.1, -0.05) is 40.2 Å². The van der Waals surface area contributed by atoms with E-state index in [1.54, 1.807) is 0 Å². The minimum absolute atomic E-state index is 0.125. The number of hydrogen-bond acceptors (Lipinski definition) is 1. The highest BCUT2D eigenvalue weighted by atomic mass is 79.9. The van der Waals surface area contributed by atoms with Crippen molar-refractivity contribution in [2.45, 2.75) is 32.2 Å². The summed E-state index contributed by atoms with van der Waals surface area (Å²) >= 11 is 3.58. The molecular formula is C13H19BrOSi. The maximum absolute atomic E-state index is 6.18. The van der Waals surface area contributed by atoms with Crippen molar-refractivity contribution >= 4 is 24.2 Å². The fourth-order valence-electron chi connectivity index (χ4n) is 1.55. The van der Waals surface area contributed by atoms with Crippen LogP contribution in [0.4, 0.5) is 0 Å². The molecule has 88 valence electrons. The Morgan fingerprint density at radius 2 is 2.00 bits per heavy atom. The topological polar surface area (TPSA) is 9.23 Å². The maximum Gasteiger partial charge on any atom is 0.184 e. The first-order valence-corrected chi connectivity index (χ1v) is 9.67. The second kappa shape index (κ2) is 5.80. The van der Waals surface area contributed by atoms with E-state index in [1.807, 2.05) is 18.2 Å². The summed E-state index contributed by atoms with van der Waals surface area (Å²) in [5.41, 5.74) is 1.21. The Balaban J connectivity index is 2.94. The average molecular weight is 299 g/mol. The number of hydrogen-bond donors (Lipinski definition) is 0. The lowest BCUT2D eigenvalue weighted by atomic mass is 10.1. The summed E-state index contributed by atoms with van der Waals surface area (Å²) in [6.07, 6.45) is 2.90. The van der Waals surface area contributed by atoms with Crippen LogP contribution in [0.25, 0.3) is 0 Å². The van der Waals surface area contributed by atoms with E-state index in [0.29, 0.717) is 0 Å². The number of halogens is 1. The summed E-state index contributed by atoms with van der Waals surface area (Å²) < 4.78 is 7.29. The van der Waals surface area contributed by atoms with Crippen LogP contribution in [0.3, 0.4) is 0 Å². The normalized spacial score (nSPS) is 13.5. The van der Waals surface area contributed by atoms with E-state index in [1.165, 1.54) is 5.56 Å². The van der Waals surface area contributed by atoms with Gasteiger partial charge in [0.1, 0.15) is 0 Å². The van der Waals surface area contributed by atoms with Gasteiger partial charge >= 0.3 is 0 Å². The van der Waals surface area contributed by atoms with Crippen molar-refractivity contribution in [3.05, 3.63) is 47.0 Å². The quantitative estimate of drug-likeness (QED) is 0.554. The summed E-state index contributed by atoms with van der Waals surface area (Å²) in [6, 6.07) is 8.23. The lowest BCUT2D eigenvalue weighted by molar-refractivity contribution is 0.201. The van der Waals surface area contributed by atoms with Gasteiger partial charge in [-0.15, -0.1) is 6.58 Å². The molecule has 0 aliphatic rings. The Kier molecular flexibility index (Phi) is 4.96. The van der Waals surface area contributed by atoms with Crippen molar-refractivity contribution < 1.29 is 4.43 Å². The fraction of sp³-hybridized carbons (Fsp3) is 0.385. The first-order chi connectivity index (χ1) is 7.44. The van der Waals surface area contributed by atoms with E-state index in [0.717, 1.165) is 10.9 Å². The molecule has 0 spiro atoms. The standard InChI is InChI=1S/C13H19BrOSi/c1-5-8-13(15-16(2,3)4)11-9-6-7-10-12(11)14/h5-7,9-10,13H,1,8H2,2-4H3. The van der Waals surface area contributed by atoms with Gasteiger partial charge in [-0.25, -0.2) is 0 Å². The Morgan fingerprint density at radius 1 is 1.38 bits per heavy atom. The van der Waals surface area contributed by atoms with Gasteiger partial charge in [0, 0.05) is 4.47 Å². The monoisotopic (exact) mass is 298 g/mol. The van der Waals surface area contributed by atoms with Crippen LogP contribution in [-0.2, 0) is 4.43 Å². The van der Waals surface area contributed by atoms with Crippen molar-refractivity contribution in [3.63, 3.8) is 0 Å². The van der Waals surface area contributed by atoms with Crippen molar-refractivity contribution in [2.75, 3.05) is 0 Å². The third-order valence-corrected chi connectivity index (χ3v) is 3.84. The molecule has 0 aliphatic heterocycles. The van der Waals surface area contributed by atoms with Gasteiger partial charge in [0.15, 0.2) is 8.32 Å². The van der Waals surface area contributed by atoms with Crippen molar-refractivity contribution in [1.82, 2.24) is 0 Å². The van der Waals surface area contributed by atoms with Crippen molar-refractivity contribution in [2.24, 2.45) is 0 Å². The Morgan fingerprint density at radius 3 is 2.50 bits per heavy atom. The highest BCUT2D eigenvalue weighted by Crippen LogP contribution is 2.31. The molecule has 16 heavy (non-hydrogen) atoms. The zero-order chi connectivity index (χ0) is 12.2. The summed E-state index contributed by atoms with van der Waals surface area (Å²) in [5, 5.41) is 0. The number of rotatable bonds is 5. The molecule has 0 N–H and O–H groups in total. The van der Waals surface area contributed by atoms with Gasteiger partial charge in [0.05, 0.1) is 6.10 Å². The summed E-state index contributed by atoms with van der Waals surface area (Å²) in [4.78, 5) is 0. The van der Waals surface area contributed by atoms with Crippen LogP contribution < -0.4 is 0 Å². The van der Waals surface area contributed by atoms with Crippen LogP contribution in [0, 0.1) is 0 Å². The largest absolute Gasteiger partial charge is 0.410 e. The molecule has 1 nitrogen and oxygen atoms in total. The predicted molar refractivity (Wildman–Crippen MR) is 76.1 cm³/mol. The molecular weight excluding hydrogens is 280 g/mol. The third kappa shape index (κ3) is 4.24. The molecule has 0 saturated carbocycles. The van der Waals surface area contributed by atoms with Crippen LogP contribution in [0.1, 0.15) is 18.1 Å². The molecule has 1 aromatic carbocycles. The minimum Gasteiger partial charge on any atom is -0.410 e. The fourth-order valence-corrected chi connectivity index (χ4v) is 3.17. The van der Waals surface area contributed by atoms with Crippen molar-refractivity contribution in [3.8, 4) is 0 Å². The summed E-state index contributed by atoms with van der Waals surface area (Å²) in [7, 11) is -1.53. The van der Waals surface area contributed by atoms with Crippen LogP contribution in [-0.4, -0.2) is 8.32 Å². The van der Waals surface area contributed by atoms with E-state index in [2.05, 4.69) is 54.3 Å². The molecule has 3 heteroatoms. The average Bonchev–Trinajstić information content (AvgIpc) is 2.16. The Bertz CT molecular complexity index is 357. The lowest BCUT2D eigenvalue weighted by Crippen LogP contribution is -2.28. The molecule has 0 fully saturated rings. The van der Waals surface area contributed by atoms with Gasteiger partial charge in [-0.3, -0.25) is 0 Å². The van der Waals surface area contributed by atoms with E-state index in [4.69, 9.17) is 4.43 Å². The third-order valence-electron chi connectivity index (χ3n) is 2.13. The zero-order valence-electron chi connectivity index (χ0n) is 10.2. The van der Waals surface area contributed by atoms with E-state index in [-0.39, 0.29) is 6.10 Å². The number of benzene rings is 1. The molecule has 0 heterocycles.